The van der Waals surface area contributed by atoms with Gasteiger partial charge in [-0.05, 0) is 18.2 Å². The van der Waals surface area contributed by atoms with Crippen LogP contribution in [-0.2, 0) is 10.0 Å². The van der Waals surface area contributed by atoms with Gasteiger partial charge in [0.1, 0.15) is 0 Å². The number of nitrogens with two attached hydrogens (primary N) is 1. The van der Waals surface area contributed by atoms with Crippen LogP contribution in [0.5, 0.6) is 0 Å². The van der Waals surface area contributed by atoms with Crippen LogP contribution < -0.4 is 5.73 Å². The average Bonchev–Trinajstić information content (AvgIpc) is 2.25. The first-order valence-corrected chi connectivity index (χ1v) is 7.14. The number of halogens is 1. The minimum absolute atomic E-state index is 0.0285. The predicted molar refractivity (Wildman–Crippen MR) is 72.7 cm³/mol. The van der Waals surface area contributed by atoms with Crippen LogP contribution in [0.2, 0.25) is 5.02 Å². The van der Waals surface area contributed by atoms with Gasteiger partial charge in [-0.15, -0.1) is 0 Å². The highest BCUT2D eigenvalue weighted by Crippen LogP contribution is 2.19. The van der Waals surface area contributed by atoms with Crippen molar-refractivity contribution in [3.8, 4) is 0 Å². The molecule has 1 aromatic carbocycles. The molecule has 2 N–H and O–H groups in total. The molecule has 0 fully saturated rings. The van der Waals surface area contributed by atoms with Gasteiger partial charge in [-0.25, -0.2) is 8.42 Å². The van der Waals surface area contributed by atoms with Gasteiger partial charge in [-0.3, -0.25) is 0 Å². The second kappa shape index (κ2) is 5.77. The van der Waals surface area contributed by atoms with Crippen LogP contribution in [0.15, 0.2) is 29.2 Å². The molecule has 0 aromatic heterocycles. The molecule has 0 aliphatic carbocycles. The molecule has 0 amide bonds. The first-order valence-electron chi connectivity index (χ1n) is 4.92. The summed E-state index contributed by atoms with van der Waals surface area (Å²) in [6.45, 7) is 2.05. The van der Waals surface area contributed by atoms with E-state index >= 15 is 0 Å². The summed E-state index contributed by atoms with van der Waals surface area (Å²) in [5.74, 6) is 0. The molecule has 0 aliphatic rings. The van der Waals surface area contributed by atoms with Gasteiger partial charge in [-0.2, -0.15) is 4.31 Å². The summed E-state index contributed by atoms with van der Waals surface area (Å²) in [6, 6.07) is 6.09. The molecule has 1 rings (SSSR count). The SMILES string of the molecule is CCN(CC(N)=S)S(=O)(=O)c1cccc(Cl)c1. The molecule has 0 saturated heterocycles. The van der Waals surface area contributed by atoms with E-state index in [1.54, 1.807) is 19.1 Å². The van der Waals surface area contributed by atoms with Gasteiger partial charge >= 0.3 is 0 Å². The van der Waals surface area contributed by atoms with E-state index in [0.29, 0.717) is 11.6 Å². The fourth-order valence-electron chi connectivity index (χ4n) is 1.32. The molecule has 0 unspecified atom stereocenters. The van der Waals surface area contributed by atoms with Gasteiger partial charge in [0, 0.05) is 11.6 Å². The number of thiocarbonyl (C=S) groups is 1. The van der Waals surface area contributed by atoms with E-state index in [0.717, 1.165) is 0 Å². The smallest absolute Gasteiger partial charge is 0.243 e. The zero-order valence-electron chi connectivity index (χ0n) is 9.26. The molecule has 17 heavy (non-hydrogen) atoms. The largest absolute Gasteiger partial charge is 0.392 e. The number of likely N-dealkylation sites (N-methyl/N-ethyl adjacent to an activating group) is 1. The fraction of sp³-hybridized carbons (Fsp3) is 0.300. The van der Waals surface area contributed by atoms with E-state index in [-0.39, 0.29) is 16.4 Å². The maximum Gasteiger partial charge on any atom is 0.243 e. The van der Waals surface area contributed by atoms with Crippen molar-refractivity contribution in [2.75, 3.05) is 13.1 Å². The predicted octanol–water partition coefficient (Wildman–Crippen LogP) is 1.64. The van der Waals surface area contributed by atoms with Gasteiger partial charge in [-0.1, -0.05) is 36.8 Å². The van der Waals surface area contributed by atoms with E-state index in [2.05, 4.69) is 0 Å². The average molecular weight is 293 g/mol. The third-order valence-corrected chi connectivity index (χ3v) is 4.40. The van der Waals surface area contributed by atoms with Crippen molar-refractivity contribution in [1.82, 2.24) is 4.31 Å². The second-order valence-corrected chi connectivity index (χ2v) is 6.25. The van der Waals surface area contributed by atoms with Crippen molar-refractivity contribution >= 4 is 38.8 Å². The Kier molecular flexibility index (Phi) is 4.88. The number of sulfonamides is 1. The molecule has 0 aliphatic heterocycles. The lowest BCUT2D eigenvalue weighted by Crippen LogP contribution is -2.37. The Bertz CT molecular complexity index is 517. The second-order valence-electron chi connectivity index (χ2n) is 3.35. The lowest BCUT2D eigenvalue weighted by Gasteiger charge is -2.19. The van der Waals surface area contributed by atoms with Crippen LogP contribution in [0.1, 0.15) is 6.92 Å². The summed E-state index contributed by atoms with van der Waals surface area (Å²) in [5, 5.41) is 0.373. The highest BCUT2D eigenvalue weighted by atomic mass is 35.5. The molecule has 0 atom stereocenters. The van der Waals surface area contributed by atoms with Crippen LogP contribution in [0.4, 0.5) is 0 Å². The van der Waals surface area contributed by atoms with Crippen molar-refractivity contribution in [2.45, 2.75) is 11.8 Å². The summed E-state index contributed by atoms with van der Waals surface area (Å²) in [7, 11) is -3.59. The number of nitrogens with zero attached hydrogens (tertiary/aromatic N) is 1. The summed E-state index contributed by atoms with van der Waals surface area (Å²) in [6.07, 6.45) is 0. The molecule has 94 valence electrons. The van der Waals surface area contributed by atoms with Crippen molar-refractivity contribution < 1.29 is 8.42 Å². The maximum atomic E-state index is 12.2. The highest BCUT2D eigenvalue weighted by molar-refractivity contribution is 7.89. The third-order valence-electron chi connectivity index (χ3n) is 2.12. The number of hydrogen-bond acceptors (Lipinski definition) is 3. The van der Waals surface area contributed by atoms with E-state index in [1.165, 1.54) is 16.4 Å². The topological polar surface area (TPSA) is 63.4 Å². The van der Waals surface area contributed by atoms with E-state index in [1.807, 2.05) is 0 Å². The lowest BCUT2D eigenvalue weighted by molar-refractivity contribution is 0.468. The van der Waals surface area contributed by atoms with Crippen molar-refractivity contribution in [2.24, 2.45) is 5.73 Å². The molecule has 0 heterocycles. The highest BCUT2D eigenvalue weighted by Gasteiger charge is 2.23. The van der Waals surface area contributed by atoms with Gasteiger partial charge in [0.2, 0.25) is 10.0 Å². The van der Waals surface area contributed by atoms with Gasteiger partial charge in [0.25, 0.3) is 0 Å². The summed E-state index contributed by atoms with van der Waals surface area (Å²) in [5.41, 5.74) is 5.37. The minimum Gasteiger partial charge on any atom is -0.392 e. The van der Waals surface area contributed by atoms with Crippen LogP contribution in [0, 0.1) is 0 Å². The van der Waals surface area contributed by atoms with Gasteiger partial charge in [0.05, 0.1) is 16.4 Å². The molecule has 4 nitrogen and oxygen atoms in total. The van der Waals surface area contributed by atoms with Gasteiger partial charge in [0.15, 0.2) is 0 Å². The molecular weight excluding hydrogens is 280 g/mol. The maximum absolute atomic E-state index is 12.2. The van der Waals surface area contributed by atoms with E-state index in [9.17, 15) is 8.42 Å². The Morgan fingerprint density at radius 2 is 2.18 bits per heavy atom. The lowest BCUT2D eigenvalue weighted by atomic mass is 10.4. The quantitative estimate of drug-likeness (QED) is 0.838. The summed E-state index contributed by atoms with van der Waals surface area (Å²) >= 11 is 10.5. The molecule has 0 saturated carbocycles. The van der Waals surface area contributed by atoms with Gasteiger partial charge < -0.3 is 5.73 Å². The molecule has 0 spiro atoms. The molecule has 7 heteroatoms. The summed E-state index contributed by atoms with van der Waals surface area (Å²) < 4.78 is 25.6. The van der Waals surface area contributed by atoms with E-state index in [4.69, 9.17) is 29.6 Å². The number of hydrogen-bond donors (Lipinski definition) is 1. The minimum atomic E-state index is -3.59. The Hall–Kier alpha value is -0.690. The molecule has 1 aromatic rings. The fourth-order valence-corrected chi connectivity index (χ4v) is 3.28. The van der Waals surface area contributed by atoms with Crippen molar-refractivity contribution in [3.05, 3.63) is 29.3 Å². The summed E-state index contributed by atoms with van der Waals surface area (Å²) in [4.78, 5) is 0.278. The van der Waals surface area contributed by atoms with Crippen molar-refractivity contribution in [3.63, 3.8) is 0 Å². The van der Waals surface area contributed by atoms with Crippen LogP contribution in [0.3, 0.4) is 0 Å². The normalized spacial score (nSPS) is 11.7. The van der Waals surface area contributed by atoms with Crippen LogP contribution >= 0.6 is 23.8 Å². The monoisotopic (exact) mass is 292 g/mol. The standard InChI is InChI=1S/C10H13ClN2O2S2/c1-2-13(7-10(12)16)17(14,15)9-5-3-4-8(11)6-9/h3-6H,2,7H2,1H3,(H2,12,16). The Balaban J connectivity index is 3.13. The first kappa shape index (κ1) is 14.4. The molecular formula is C10H13ClN2O2S2. The zero-order valence-corrected chi connectivity index (χ0v) is 11.6. The molecule has 0 radical (unpaired) electrons. The Morgan fingerprint density at radius 3 is 2.65 bits per heavy atom. The first-order chi connectivity index (χ1) is 7.87. The molecule has 0 bridgehead atoms. The number of rotatable bonds is 5. The van der Waals surface area contributed by atoms with E-state index < -0.39 is 10.0 Å². The Morgan fingerprint density at radius 1 is 1.53 bits per heavy atom. The van der Waals surface area contributed by atoms with Crippen LogP contribution in [-0.4, -0.2) is 30.8 Å². The van der Waals surface area contributed by atoms with Crippen LogP contribution in [0.25, 0.3) is 0 Å². The van der Waals surface area contributed by atoms with Crippen molar-refractivity contribution in [1.29, 1.82) is 0 Å². The number of benzene rings is 1. The zero-order chi connectivity index (χ0) is 13.1. The Labute approximate surface area is 111 Å². The third kappa shape index (κ3) is 3.64.